The number of aliphatic hydroxyl groups is 3. The summed E-state index contributed by atoms with van der Waals surface area (Å²) in [5, 5.41) is 42.2. The lowest BCUT2D eigenvalue weighted by Gasteiger charge is -2.38. The van der Waals surface area contributed by atoms with Gasteiger partial charge >= 0.3 is 5.97 Å². The van der Waals surface area contributed by atoms with Gasteiger partial charge in [-0.1, -0.05) is 30.3 Å². The average molecular weight is 447 g/mol. The molecule has 1 aliphatic heterocycles. The normalized spacial score (nSPS) is 26.3. The minimum Gasteiger partial charge on any atom is -0.485 e. The molecule has 0 aromatic heterocycles. The van der Waals surface area contributed by atoms with Crippen LogP contribution in [0.2, 0.25) is 0 Å². The third-order valence-electron chi connectivity index (χ3n) is 5.31. The fourth-order valence-corrected chi connectivity index (χ4v) is 3.50. The molecule has 0 amide bonds. The van der Waals surface area contributed by atoms with Crippen LogP contribution in [0.3, 0.4) is 0 Å². The summed E-state index contributed by atoms with van der Waals surface area (Å²) >= 11 is 0. The van der Waals surface area contributed by atoms with E-state index in [0.717, 1.165) is 24.1 Å². The standard InChI is InChI=1S/C23H29NO8/c1-13-12-15(30-23-20(27)18(25)19(26)21(32-23)22(28)29)8-9-16(13)31-17(10-11-24-2)14-6-4-3-5-7-14/h3-9,12,17-21,23-27H,10-11H2,1-2H3,(H,28,29)/t17-,18+,19+,20+,21-,23-/m1/s1. The summed E-state index contributed by atoms with van der Waals surface area (Å²) in [4.78, 5) is 11.3. The van der Waals surface area contributed by atoms with Gasteiger partial charge in [0.1, 0.15) is 35.9 Å². The van der Waals surface area contributed by atoms with E-state index in [9.17, 15) is 20.1 Å². The number of rotatable bonds is 9. The maximum atomic E-state index is 11.3. The van der Waals surface area contributed by atoms with Crippen LogP contribution in [0.25, 0.3) is 0 Å². The van der Waals surface area contributed by atoms with Crippen LogP contribution < -0.4 is 14.8 Å². The first kappa shape index (κ1) is 24.0. The van der Waals surface area contributed by atoms with Gasteiger partial charge in [-0.3, -0.25) is 0 Å². The van der Waals surface area contributed by atoms with Crippen molar-refractivity contribution in [3.63, 3.8) is 0 Å². The Hall–Kier alpha value is -2.69. The molecule has 0 aliphatic carbocycles. The van der Waals surface area contributed by atoms with Crippen LogP contribution in [-0.4, -0.2) is 70.7 Å². The number of hydrogen-bond donors (Lipinski definition) is 5. The molecular formula is C23H29NO8. The van der Waals surface area contributed by atoms with Crippen molar-refractivity contribution in [1.82, 2.24) is 5.32 Å². The van der Waals surface area contributed by atoms with E-state index in [1.54, 1.807) is 18.2 Å². The van der Waals surface area contributed by atoms with Gasteiger partial charge in [0.25, 0.3) is 0 Å². The summed E-state index contributed by atoms with van der Waals surface area (Å²) in [5.41, 5.74) is 1.81. The predicted octanol–water partition coefficient (Wildman–Crippen LogP) is 0.996. The van der Waals surface area contributed by atoms with E-state index in [0.29, 0.717) is 5.75 Å². The Morgan fingerprint density at radius 3 is 2.44 bits per heavy atom. The Kier molecular flexibility index (Phi) is 8.05. The number of ether oxygens (including phenoxy) is 3. The van der Waals surface area contributed by atoms with Crippen molar-refractivity contribution in [1.29, 1.82) is 0 Å². The maximum Gasteiger partial charge on any atom is 0.335 e. The van der Waals surface area contributed by atoms with Gasteiger partial charge in [-0.2, -0.15) is 0 Å². The predicted molar refractivity (Wildman–Crippen MR) is 114 cm³/mol. The molecule has 0 bridgehead atoms. The summed E-state index contributed by atoms with van der Waals surface area (Å²) in [6.45, 7) is 2.61. The Bertz CT molecular complexity index is 893. The Labute approximate surface area is 186 Å². The molecule has 1 aliphatic rings. The second kappa shape index (κ2) is 10.8. The van der Waals surface area contributed by atoms with Crippen LogP contribution in [0.4, 0.5) is 0 Å². The van der Waals surface area contributed by atoms with E-state index in [2.05, 4.69) is 5.32 Å². The lowest BCUT2D eigenvalue weighted by molar-refractivity contribution is -0.271. The van der Waals surface area contributed by atoms with Gasteiger partial charge in [0.05, 0.1) is 0 Å². The number of aliphatic hydroxyl groups excluding tert-OH is 3. The second-order valence-electron chi connectivity index (χ2n) is 7.69. The van der Waals surface area contributed by atoms with E-state index in [1.807, 2.05) is 44.3 Å². The largest absolute Gasteiger partial charge is 0.485 e. The summed E-state index contributed by atoms with van der Waals surface area (Å²) in [6, 6.07) is 14.9. The molecule has 1 heterocycles. The molecule has 0 saturated carbocycles. The summed E-state index contributed by atoms with van der Waals surface area (Å²) in [5.74, 6) is -0.532. The van der Waals surface area contributed by atoms with Gasteiger partial charge in [-0.25, -0.2) is 4.79 Å². The van der Waals surface area contributed by atoms with Crippen molar-refractivity contribution < 1.29 is 39.4 Å². The first-order valence-corrected chi connectivity index (χ1v) is 10.4. The molecule has 1 fully saturated rings. The van der Waals surface area contributed by atoms with Crippen LogP contribution in [-0.2, 0) is 9.53 Å². The molecule has 6 atom stereocenters. The number of carboxylic acids is 1. The van der Waals surface area contributed by atoms with Gasteiger partial charge in [0.2, 0.25) is 6.29 Å². The quantitative estimate of drug-likeness (QED) is 0.381. The molecule has 9 nitrogen and oxygen atoms in total. The number of benzene rings is 2. The van der Waals surface area contributed by atoms with E-state index < -0.39 is 36.7 Å². The summed E-state index contributed by atoms with van der Waals surface area (Å²) in [6.07, 6.45) is -7.71. The van der Waals surface area contributed by atoms with E-state index in [-0.39, 0.29) is 11.9 Å². The van der Waals surface area contributed by atoms with Crippen molar-refractivity contribution in [2.24, 2.45) is 0 Å². The van der Waals surface area contributed by atoms with Crippen molar-refractivity contribution in [3.8, 4) is 11.5 Å². The molecule has 0 spiro atoms. The molecule has 0 radical (unpaired) electrons. The van der Waals surface area contributed by atoms with Crippen molar-refractivity contribution in [3.05, 3.63) is 59.7 Å². The van der Waals surface area contributed by atoms with Crippen LogP contribution >= 0.6 is 0 Å². The monoisotopic (exact) mass is 447 g/mol. The van der Waals surface area contributed by atoms with Gasteiger partial charge < -0.3 is 40.0 Å². The highest BCUT2D eigenvalue weighted by Crippen LogP contribution is 2.31. The Balaban J connectivity index is 1.73. The highest BCUT2D eigenvalue weighted by atomic mass is 16.7. The average Bonchev–Trinajstić information content (AvgIpc) is 2.78. The maximum absolute atomic E-state index is 11.3. The molecule has 2 aromatic rings. The van der Waals surface area contributed by atoms with Crippen molar-refractivity contribution in [2.45, 2.75) is 50.2 Å². The highest BCUT2D eigenvalue weighted by molar-refractivity contribution is 5.73. The van der Waals surface area contributed by atoms with E-state index in [4.69, 9.17) is 19.3 Å². The third kappa shape index (κ3) is 5.56. The first-order chi connectivity index (χ1) is 15.3. The van der Waals surface area contributed by atoms with Crippen LogP contribution in [0.1, 0.15) is 23.7 Å². The molecule has 2 aromatic carbocycles. The van der Waals surface area contributed by atoms with Crippen LogP contribution in [0, 0.1) is 6.92 Å². The van der Waals surface area contributed by atoms with Gasteiger partial charge in [0, 0.05) is 6.42 Å². The summed E-state index contributed by atoms with van der Waals surface area (Å²) < 4.78 is 17.0. The lowest BCUT2D eigenvalue weighted by atomic mass is 9.99. The fourth-order valence-electron chi connectivity index (χ4n) is 3.50. The Morgan fingerprint density at radius 1 is 1.09 bits per heavy atom. The Morgan fingerprint density at radius 2 is 1.81 bits per heavy atom. The zero-order valence-corrected chi connectivity index (χ0v) is 17.9. The van der Waals surface area contributed by atoms with E-state index >= 15 is 0 Å². The minimum absolute atomic E-state index is 0.162. The fraction of sp³-hybridized carbons (Fsp3) is 0.435. The number of nitrogens with one attached hydrogen (secondary N) is 1. The second-order valence-corrected chi connectivity index (χ2v) is 7.69. The smallest absolute Gasteiger partial charge is 0.335 e. The van der Waals surface area contributed by atoms with Gasteiger partial charge in [-0.15, -0.1) is 0 Å². The first-order valence-electron chi connectivity index (χ1n) is 10.4. The molecule has 1 saturated heterocycles. The van der Waals surface area contributed by atoms with E-state index in [1.165, 1.54) is 0 Å². The summed E-state index contributed by atoms with van der Waals surface area (Å²) in [7, 11) is 1.88. The third-order valence-corrected chi connectivity index (χ3v) is 5.31. The minimum atomic E-state index is -1.77. The molecule has 0 unspecified atom stereocenters. The van der Waals surface area contributed by atoms with Gasteiger partial charge in [-0.05, 0) is 49.8 Å². The lowest BCUT2D eigenvalue weighted by Crippen LogP contribution is -2.61. The zero-order chi connectivity index (χ0) is 23.3. The van der Waals surface area contributed by atoms with Crippen molar-refractivity contribution in [2.75, 3.05) is 13.6 Å². The van der Waals surface area contributed by atoms with Crippen LogP contribution in [0.15, 0.2) is 48.5 Å². The SMILES string of the molecule is CNCC[C@@H](Oc1ccc(O[C@@H]2O[C@@H](C(=O)O)[C@@H](O)[C@H](O)[C@@H]2O)cc1C)c1ccccc1. The number of aliphatic carboxylic acids is 1. The zero-order valence-electron chi connectivity index (χ0n) is 17.9. The number of carbonyl (C=O) groups is 1. The molecule has 174 valence electrons. The number of hydrogen-bond acceptors (Lipinski definition) is 8. The molecule has 32 heavy (non-hydrogen) atoms. The van der Waals surface area contributed by atoms with Crippen LogP contribution in [0.5, 0.6) is 11.5 Å². The molecular weight excluding hydrogens is 418 g/mol. The molecule has 9 heteroatoms. The molecule has 5 N–H and O–H groups in total. The van der Waals surface area contributed by atoms with Crippen molar-refractivity contribution >= 4 is 5.97 Å². The van der Waals surface area contributed by atoms with Gasteiger partial charge in [0.15, 0.2) is 6.10 Å². The topological polar surface area (TPSA) is 138 Å². The highest BCUT2D eigenvalue weighted by Gasteiger charge is 2.48. The molecule has 3 rings (SSSR count). The number of aryl methyl sites for hydroxylation is 1. The number of carboxylic acid groups (broad SMARTS) is 1.